The van der Waals surface area contributed by atoms with E-state index in [4.69, 9.17) is 0 Å². The molecule has 174 valence electrons. The van der Waals surface area contributed by atoms with Crippen LogP contribution in [0.3, 0.4) is 0 Å². The quantitative estimate of drug-likeness (QED) is 0.730. The van der Waals surface area contributed by atoms with E-state index in [9.17, 15) is 18.3 Å². The lowest BCUT2D eigenvalue weighted by Gasteiger charge is -2.35. The van der Waals surface area contributed by atoms with Crippen LogP contribution in [0, 0.1) is 0 Å². The average Bonchev–Trinajstić information content (AvgIpc) is 2.78. The second-order valence-corrected chi connectivity index (χ2v) is 10.8. The van der Waals surface area contributed by atoms with Gasteiger partial charge in [-0.05, 0) is 37.8 Å². The van der Waals surface area contributed by atoms with Gasteiger partial charge in [-0.1, -0.05) is 24.3 Å². The predicted octanol–water partition coefficient (Wildman–Crippen LogP) is 2.23. The third-order valence-corrected chi connectivity index (χ3v) is 8.35. The number of piperidine rings is 2. The summed E-state index contributed by atoms with van der Waals surface area (Å²) < 4.78 is 28.7. The van der Waals surface area contributed by atoms with Crippen molar-refractivity contribution in [2.24, 2.45) is 0 Å². The fraction of sp³-hybridized carbons (Fsp3) is 0.522. The maximum atomic E-state index is 13.6. The lowest BCUT2D eigenvalue weighted by Crippen LogP contribution is -2.54. The van der Waals surface area contributed by atoms with E-state index >= 15 is 0 Å². The van der Waals surface area contributed by atoms with Crippen molar-refractivity contribution in [1.29, 1.82) is 0 Å². The van der Waals surface area contributed by atoms with Gasteiger partial charge in [0.2, 0.25) is 10.0 Å². The molecule has 8 nitrogen and oxygen atoms in total. The van der Waals surface area contributed by atoms with Crippen LogP contribution < -0.4 is 10.2 Å². The van der Waals surface area contributed by atoms with Crippen LogP contribution in [-0.2, 0) is 10.0 Å². The molecule has 2 aliphatic heterocycles. The Labute approximate surface area is 189 Å². The SMILES string of the molecule is CN(C)c1cccc2c(S(=O)(=O)N3CCCC(NC(=O)N4CCC(O)CC4)C3)cccc12. The number of hydrogen-bond acceptors (Lipinski definition) is 5. The van der Waals surface area contributed by atoms with Crippen LogP contribution >= 0.6 is 0 Å². The van der Waals surface area contributed by atoms with E-state index in [2.05, 4.69) is 5.32 Å². The van der Waals surface area contributed by atoms with Crippen LogP contribution in [0.1, 0.15) is 25.7 Å². The number of carbonyl (C=O) groups excluding carboxylic acids is 1. The van der Waals surface area contributed by atoms with Crippen LogP contribution in [0.5, 0.6) is 0 Å². The summed E-state index contributed by atoms with van der Waals surface area (Å²) >= 11 is 0. The molecule has 0 radical (unpaired) electrons. The molecule has 0 spiro atoms. The Kier molecular flexibility index (Phi) is 6.60. The molecule has 2 aromatic carbocycles. The zero-order valence-electron chi connectivity index (χ0n) is 18.7. The van der Waals surface area contributed by atoms with Gasteiger partial charge in [-0.25, -0.2) is 13.2 Å². The van der Waals surface area contributed by atoms with Crippen molar-refractivity contribution in [2.45, 2.75) is 42.7 Å². The van der Waals surface area contributed by atoms with E-state index in [-0.39, 0.29) is 24.7 Å². The molecule has 2 aliphatic rings. The lowest BCUT2D eigenvalue weighted by molar-refractivity contribution is 0.0920. The molecule has 0 aliphatic carbocycles. The summed E-state index contributed by atoms with van der Waals surface area (Å²) in [6, 6.07) is 10.7. The van der Waals surface area contributed by atoms with Gasteiger partial charge in [-0.15, -0.1) is 0 Å². The van der Waals surface area contributed by atoms with Crippen LogP contribution in [0.4, 0.5) is 10.5 Å². The normalized spacial score (nSPS) is 21.0. The number of anilines is 1. The maximum absolute atomic E-state index is 13.6. The van der Waals surface area contributed by atoms with Crippen molar-refractivity contribution in [2.75, 3.05) is 45.2 Å². The summed E-state index contributed by atoms with van der Waals surface area (Å²) in [6.45, 7) is 1.74. The summed E-state index contributed by atoms with van der Waals surface area (Å²) in [5, 5.41) is 14.3. The maximum Gasteiger partial charge on any atom is 0.317 e. The molecule has 4 rings (SSSR count). The molecule has 0 aromatic heterocycles. The highest BCUT2D eigenvalue weighted by atomic mass is 32.2. The third kappa shape index (κ3) is 4.55. The first kappa shape index (κ1) is 22.8. The fourth-order valence-corrected chi connectivity index (χ4v) is 6.36. The number of fused-ring (bicyclic) bond motifs is 1. The molecule has 2 amide bonds. The number of urea groups is 1. The number of carbonyl (C=O) groups is 1. The van der Waals surface area contributed by atoms with Crippen molar-refractivity contribution in [3.8, 4) is 0 Å². The molecule has 2 aromatic rings. The summed E-state index contributed by atoms with van der Waals surface area (Å²) in [5.41, 5.74) is 0.968. The Morgan fingerprint density at radius 3 is 2.44 bits per heavy atom. The highest BCUT2D eigenvalue weighted by molar-refractivity contribution is 7.89. The number of rotatable bonds is 4. The summed E-state index contributed by atoms with van der Waals surface area (Å²) in [7, 11) is 0.168. The number of likely N-dealkylation sites (tertiary alicyclic amines) is 1. The summed E-state index contributed by atoms with van der Waals surface area (Å²) in [5.74, 6) is 0. The number of sulfonamides is 1. The molecular formula is C23H32N4O4S. The lowest BCUT2D eigenvalue weighted by atomic mass is 10.1. The second kappa shape index (κ2) is 9.25. The zero-order chi connectivity index (χ0) is 22.9. The molecule has 2 saturated heterocycles. The molecule has 2 N–H and O–H groups in total. The highest BCUT2D eigenvalue weighted by Crippen LogP contribution is 2.32. The number of amides is 2. The van der Waals surface area contributed by atoms with Gasteiger partial charge in [-0.2, -0.15) is 4.31 Å². The smallest absolute Gasteiger partial charge is 0.317 e. The predicted molar refractivity (Wildman–Crippen MR) is 125 cm³/mol. The van der Waals surface area contributed by atoms with Crippen LogP contribution in [-0.4, -0.2) is 81.2 Å². The van der Waals surface area contributed by atoms with E-state index in [0.717, 1.165) is 17.5 Å². The number of hydrogen-bond donors (Lipinski definition) is 2. The van der Waals surface area contributed by atoms with Gasteiger partial charge in [0, 0.05) is 62.8 Å². The van der Waals surface area contributed by atoms with Crippen molar-refractivity contribution in [1.82, 2.24) is 14.5 Å². The van der Waals surface area contributed by atoms with Gasteiger partial charge in [0.1, 0.15) is 0 Å². The number of nitrogens with one attached hydrogen (secondary N) is 1. The first-order valence-electron chi connectivity index (χ1n) is 11.2. The Bertz CT molecular complexity index is 1080. The average molecular weight is 461 g/mol. The number of nitrogens with zero attached hydrogens (tertiary/aromatic N) is 3. The first-order valence-corrected chi connectivity index (χ1v) is 12.6. The van der Waals surface area contributed by atoms with Crippen molar-refractivity contribution < 1.29 is 18.3 Å². The topological polar surface area (TPSA) is 93.2 Å². The molecule has 0 bridgehead atoms. The Balaban J connectivity index is 1.53. The van der Waals surface area contributed by atoms with Gasteiger partial charge in [0.15, 0.2) is 0 Å². The van der Waals surface area contributed by atoms with Gasteiger partial charge in [0.25, 0.3) is 0 Å². The van der Waals surface area contributed by atoms with E-state index < -0.39 is 10.0 Å². The molecule has 2 fully saturated rings. The van der Waals surface area contributed by atoms with Gasteiger partial charge < -0.3 is 20.2 Å². The number of benzene rings is 2. The molecular weight excluding hydrogens is 428 g/mol. The van der Waals surface area contributed by atoms with Gasteiger partial charge in [-0.3, -0.25) is 0 Å². The van der Waals surface area contributed by atoms with E-state index in [1.165, 1.54) is 4.31 Å². The van der Waals surface area contributed by atoms with Crippen molar-refractivity contribution in [3.05, 3.63) is 36.4 Å². The standard InChI is InChI=1S/C23H32N4O4S/c1-25(2)21-9-3-8-20-19(21)7-4-10-22(20)32(30,31)27-13-5-6-17(16-27)24-23(29)26-14-11-18(28)12-15-26/h3-4,7-10,17-18,28H,5-6,11-16H2,1-2H3,(H,24,29). The molecule has 2 heterocycles. The van der Waals surface area contributed by atoms with Gasteiger partial charge >= 0.3 is 6.03 Å². The Morgan fingerprint density at radius 2 is 1.72 bits per heavy atom. The Morgan fingerprint density at radius 1 is 1.03 bits per heavy atom. The monoisotopic (exact) mass is 460 g/mol. The number of aliphatic hydroxyl groups is 1. The molecule has 32 heavy (non-hydrogen) atoms. The van der Waals surface area contributed by atoms with Crippen LogP contribution in [0.15, 0.2) is 41.3 Å². The Hall–Kier alpha value is -2.36. The largest absolute Gasteiger partial charge is 0.393 e. The second-order valence-electron chi connectivity index (χ2n) is 8.89. The van der Waals surface area contributed by atoms with Gasteiger partial charge in [0.05, 0.1) is 11.0 Å². The zero-order valence-corrected chi connectivity index (χ0v) is 19.5. The van der Waals surface area contributed by atoms with Crippen LogP contribution in [0.25, 0.3) is 10.8 Å². The van der Waals surface area contributed by atoms with E-state index in [1.807, 2.05) is 43.3 Å². The minimum atomic E-state index is -3.72. The fourth-order valence-electron chi connectivity index (χ4n) is 4.63. The van der Waals surface area contributed by atoms with Crippen LogP contribution in [0.2, 0.25) is 0 Å². The first-order chi connectivity index (χ1) is 15.3. The highest BCUT2D eigenvalue weighted by Gasteiger charge is 2.33. The third-order valence-electron chi connectivity index (χ3n) is 6.42. The van der Waals surface area contributed by atoms with Crippen molar-refractivity contribution >= 4 is 32.5 Å². The molecule has 1 atom stereocenters. The van der Waals surface area contributed by atoms with Crippen molar-refractivity contribution in [3.63, 3.8) is 0 Å². The summed E-state index contributed by atoms with van der Waals surface area (Å²) in [4.78, 5) is 16.6. The van der Waals surface area contributed by atoms with E-state index in [1.54, 1.807) is 17.0 Å². The molecule has 9 heteroatoms. The number of aliphatic hydroxyl groups excluding tert-OH is 1. The minimum absolute atomic E-state index is 0.179. The molecule has 1 unspecified atom stereocenters. The summed E-state index contributed by atoms with van der Waals surface area (Å²) in [6.07, 6.45) is 2.25. The molecule has 0 saturated carbocycles. The minimum Gasteiger partial charge on any atom is -0.393 e. The van der Waals surface area contributed by atoms with E-state index in [0.29, 0.717) is 49.2 Å².